The lowest BCUT2D eigenvalue weighted by molar-refractivity contribution is 0.222. The van der Waals surface area contributed by atoms with Crippen molar-refractivity contribution in [2.45, 2.75) is 6.10 Å². The zero-order valence-electron chi connectivity index (χ0n) is 9.81. The molecular weight excluding hydrogens is 283 g/mol. The topological polar surface area (TPSA) is 20.2 Å². The summed E-state index contributed by atoms with van der Waals surface area (Å²) < 4.78 is 14.2. The van der Waals surface area contributed by atoms with Crippen molar-refractivity contribution in [3.05, 3.63) is 69.8 Å². The lowest BCUT2D eigenvalue weighted by Crippen LogP contribution is -2.00. The van der Waals surface area contributed by atoms with Gasteiger partial charge in [-0.05, 0) is 34.5 Å². The molecular formula is C15H10ClFOS. The van der Waals surface area contributed by atoms with Gasteiger partial charge in [0.2, 0.25) is 0 Å². The minimum atomic E-state index is -0.805. The van der Waals surface area contributed by atoms with E-state index in [1.165, 1.54) is 12.1 Å². The molecule has 0 bridgehead atoms. The molecule has 4 heteroatoms. The van der Waals surface area contributed by atoms with Crippen LogP contribution in [-0.2, 0) is 0 Å². The fourth-order valence-corrected chi connectivity index (χ4v) is 3.22. The summed E-state index contributed by atoms with van der Waals surface area (Å²) in [6, 6.07) is 12.1. The number of aliphatic hydroxyl groups is 1. The predicted molar refractivity (Wildman–Crippen MR) is 77.3 cm³/mol. The number of aliphatic hydroxyl groups excluding tert-OH is 1. The Morgan fingerprint density at radius 2 is 2.00 bits per heavy atom. The standard InChI is InChI=1S/C15H10ClFOS/c16-12-8-10(4-5-13(12)17)14(18)11-3-1-2-9-6-7-19-15(9)11/h1-8,14,18H. The van der Waals surface area contributed by atoms with Crippen molar-refractivity contribution in [3.8, 4) is 0 Å². The summed E-state index contributed by atoms with van der Waals surface area (Å²) in [5.41, 5.74) is 1.41. The highest BCUT2D eigenvalue weighted by atomic mass is 35.5. The van der Waals surface area contributed by atoms with E-state index in [9.17, 15) is 9.50 Å². The van der Waals surface area contributed by atoms with E-state index in [1.807, 2.05) is 29.6 Å². The second-order valence-electron chi connectivity index (χ2n) is 4.26. The average molecular weight is 293 g/mol. The molecule has 0 radical (unpaired) electrons. The van der Waals surface area contributed by atoms with Gasteiger partial charge in [-0.15, -0.1) is 11.3 Å². The van der Waals surface area contributed by atoms with E-state index in [4.69, 9.17) is 11.6 Å². The van der Waals surface area contributed by atoms with Crippen LogP contribution in [0.4, 0.5) is 4.39 Å². The van der Waals surface area contributed by atoms with Crippen LogP contribution < -0.4 is 0 Å². The van der Waals surface area contributed by atoms with Crippen LogP contribution in [0.2, 0.25) is 5.02 Å². The van der Waals surface area contributed by atoms with Crippen LogP contribution in [0.25, 0.3) is 10.1 Å². The first-order chi connectivity index (χ1) is 9.16. The van der Waals surface area contributed by atoms with E-state index in [1.54, 1.807) is 17.4 Å². The summed E-state index contributed by atoms with van der Waals surface area (Å²) in [6.07, 6.45) is -0.805. The van der Waals surface area contributed by atoms with Gasteiger partial charge in [-0.25, -0.2) is 4.39 Å². The molecule has 2 aromatic carbocycles. The molecule has 0 saturated heterocycles. The summed E-state index contributed by atoms with van der Waals surface area (Å²) in [5.74, 6) is -0.480. The number of benzene rings is 2. The zero-order valence-corrected chi connectivity index (χ0v) is 11.4. The molecule has 19 heavy (non-hydrogen) atoms. The van der Waals surface area contributed by atoms with Gasteiger partial charge in [0, 0.05) is 10.3 Å². The lowest BCUT2D eigenvalue weighted by atomic mass is 10.0. The monoisotopic (exact) mass is 292 g/mol. The van der Waals surface area contributed by atoms with Gasteiger partial charge in [-0.1, -0.05) is 35.9 Å². The molecule has 96 valence electrons. The van der Waals surface area contributed by atoms with Crippen molar-refractivity contribution < 1.29 is 9.50 Å². The minimum absolute atomic E-state index is 0.0231. The third kappa shape index (κ3) is 2.25. The number of thiophene rings is 1. The van der Waals surface area contributed by atoms with E-state index in [0.29, 0.717) is 5.56 Å². The first-order valence-electron chi connectivity index (χ1n) is 5.76. The van der Waals surface area contributed by atoms with Crippen LogP contribution in [0.5, 0.6) is 0 Å². The second-order valence-corrected chi connectivity index (χ2v) is 5.59. The highest BCUT2D eigenvalue weighted by molar-refractivity contribution is 7.17. The van der Waals surface area contributed by atoms with Gasteiger partial charge in [-0.3, -0.25) is 0 Å². The smallest absolute Gasteiger partial charge is 0.141 e. The highest BCUT2D eigenvalue weighted by Crippen LogP contribution is 2.33. The SMILES string of the molecule is OC(c1ccc(F)c(Cl)c1)c1cccc2ccsc12. The van der Waals surface area contributed by atoms with E-state index >= 15 is 0 Å². The Bertz CT molecular complexity index is 738. The molecule has 1 N–H and O–H groups in total. The number of halogens is 2. The molecule has 0 aliphatic heterocycles. The maximum absolute atomic E-state index is 13.2. The lowest BCUT2D eigenvalue weighted by Gasteiger charge is -2.13. The van der Waals surface area contributed by atoms with Crippen molar-refractivity contribution in [1.82, 2.24) is 0 Å². The fourth-order valence-electron chi connectivity index (χ4n) is 2.09. The van der Waals surface area contributed by atoms with E-state index in [-0.39, 0.29) is 5.02 Å². The Hall–Kier alpha value is -1.42. The van der Waals surface area contributed by atoms with Crippen molar-refractivity contribution in [2.75, 3.05) is 0 Å². The summed E-state index contributed by atoms with van der Waals surface area (Å²) in [6.45, 7) is 0. The molecule has 0 amide bonds. The molecule has 1 heterocycles. The van der Waals surface area contributed by atoms with Crippen LogP contribution in [0.15, 0.2) is 47.8 Å². The van der Waals surface area contributed by atoms with Crippen LogP contribution in [-0.4, -0.2) is 5.11 Å². The first-order valence-corrected chi connectivity index (χ1v) is 7.02. The van der Waals surface area contributed by atoms with Gasteiger partial charge in [0.1, 0.15) is 11.9 Å². The Morgan fingerprint density at radius 1 is 1.16 bits per heavy atom. The van der Waals surface area contributed by atoms with Gasteiger partial charge >= 0.3 is 0 Å². The molecule has 1 nitrogen and oxygen atoms in total. The Morgan fingerprint density at radius 3 is 2.79 bits per heavy atom. The van der Waals surface area contributed by atoms with Gasteiger partial charge in [0.25, 0.3) is 0 Å². The van der Waals surface area contributed by atoms with Crippen molar-refractivity contribution >= 4 is 33.0 Å². The molecule has 0 spiro atoms. The van der Waals surface area contributed by atoms with Crippen molar-refractivity contribution in [2.24, 2.45) is 0 Å². The molecule has 0 fully saturated rings. The summed E-state index contributed by atoms with van der Waals surface area (Å²) in [4.78, 5) is 0. The molecule has 0 aliphatic carbocycles. The Kier molecular flexibility index (Phi) is 3.27. The Balaban J connectivity index is 2.10. The highest BCUT2D eigenvalue weighted by Gasteiger charge is 2.15. The first kappa shape index (κ1) is 12.6. The molecule has 0 aliphatic rings. The van der Waals surface area contributed by atoms with Crippen molar-refractivity contribution in [3.63, 3.8) is 0 Å². The summed E-state index contributed by atoms with van der Waals surface area (Å²) in [5, 5.41) is 13.5. The average Bonchev–Trinajstić information content (AvgIpc) is 2.89. The normalized spacial score (nSPS) is 12.8. The number of hydrogen-bond acceptors (Lipinski definition) is 2. The molecule has 1 aromatic heterocycles. The minimum Gasteiger partial charge on any atom is -0.384 e. The van der Waals surface area contributed by atoms with E-state index < -0.39 is 11.9 Å². The van der Waals surface area contributed by atoms with Crippen LogP contribution in [0.3, 0.4) is 0 Å². The molecule has 3 rings (SSSR count). The third-order valence-corrected chi connectivity index (χ3v) is 4.33. The largest absolute Gasteiger partial charge is 0.384 e. The van der Waals surface area contributed by atoms with Crippen molar-refractivity contribution in [1.29, 1.82) is 0 Å². The maximum atomic E-state index is 13.2. The molecule has 0 saturated carbocycles. The predicted octanol–water partition coefficient (Wildman–Crippen LogP) is 4.78. The summed E-state index contributed by atoms with van der Waals surface area (Å²) >= 11 is 7.34. The van der Waals surface area contributed by atoms with Crippen LogP contribution >= 0.6 is 22.9 Å². The van der Waals surface area contributed by atoms with Crippen LogP contribution in [0, 0.1) is 5.82 Å². The zero-order chi connectivity index (χ0) is 13.4. The number of hydrogen-bond donors (Lipinski definition) is 1. The maximum Gasteiger partial charge on any atom is 0.141 e. The van der Waals surface area contributed by atoms with Gasteiger partial charge in [-0.2, -0.15) is 0 Å². The molecule has 3 aromatic rings. The third-order valence-electron chi connectivity index (χ3n) is 3.06. The van der Waals surface area contributed by atoms with Gasteiger partial charge in [0.15, 0.2) is 0 Å². The quantitative estimate of drug-likeness (QED) is 0.721. The van der Waals surface area contributed by atoms with Crippen LogP contribution in [0.1, 0.15) is 17.2 Å². The number of rotatable bonds is 2. The fraction of sp³-hybridized carbons (Fsp3) is 0.0667. The van der Waals surface area contributed by atoms with Gasteiger partial charge in [0.05, 0.1) is 5.02 Å². The Labute approximate surface area is 118 Å². The van der Waals surface area contributed by atoms with Gasteiger partial charge < -0.3 is 5.11 Å². The van der Waals surface area contributed by atoms with E-state index in [2.05, 4.69) is 0 Å². The summed E-state index contributed by atoms with van der Waals surface area (Å²) in [7, 11) is 0. The second kappa shape index (κ2) is 4.93. The number of fused-ring (bicyclic) bond motifs is 1. The molecule has 1 unspecified atom stereocenters. The van der Waals surface area contributed by atoms with E-state index in [0.717, 1.165) is 15.6 Å². The molecule has 1 atom stereocenters.